The first-order valence-electron chi connectivity index (χ1n) is 14.6. The van der Waals surface area contributed by atoms with Gasteiger partial charge in [-0.3, -0.25) is 14.3 Å². The van der Waals surface area contributed by atoms with Gasteiger partial charge >= 0.3 is 5.97 Å². The number of carbonyl (C=O) groups is 3. The normalized spacial score (nSPS) is 12.7. The third-order valence-electron chi connectivity index (χ3n) is 7.17. The van der Waals surface area contributed by atoms with E-state index in [1.165, 1.54) is 6.07 Å². The molecule has 0 fully saturated rings. The second kappa shape index (κ2) is 14.8. The fraction of sp³-hybridized carbons (Fsp3) is 0.273. The molecule has 0 saturated carbocycles. The molecule has 12 heteroatoms. The Balaban J connectivity index is 1.66. The van der Waals surface area contributed by atoms with Crippen LogP contribution < -0.4 is 10.0 Å². The van der Waals surface area contributed by atoms with Crippen molar-refractivity contribution in [2.75, 3.05) is 0 Å². The Hall–Kier alpha value is -4.81. The molecule has 0 radical (unpaired) electrons. The van der Waals surface area contributed by atoms with E-state index in [4.69, 9.17) is 0 Å². The number of hydrogen-bond donors (Lipinski definition) is 4. The molecule has 45 heavy (non-hydrogen) atoms. The van der Waals surface area contributed by atoms with Crippen molar-refractivity contribution in [3.05, 3.63) is 107 Å². The third kappa shape index (κ3) is 8.43. The number of carbonyl (C=O) groups excluding carboxylic acids is 2. The smallest absolute Gasteiger partial charge is 0.334 e. The molecule has 0 aliphatic heterocycles. The number of amides is 2. The van der Waals surface area contributed by atoms with E-state index >= 15 is 0 Å². The summed E-state index contributed by atoms with van der Waals surface area (Å²) >= 11 is 0. The van der Waals surface area contributed by atoms with Crippen LogP contribution in [0.2, 0.25) is 0 Å². The largest absolute Gasteiger partial charge is 0.479 e. The zero-order valence-corrected chi connectivity index (χ0v) is 25.8. The minimum absolute atomic E-state index is 0.00616. The van der Waals surface area contributed by atoms with Crippen molar-refractivity contribution in [1.29, 1.82) is 0 Å². The van der Waals surface area contributed by atoms with Crippen LogP contribution in [0.1, 0.15) is 54.0 Å². The monoisotopic (exact) mass is 632 g/mol. The molecule has 0 bridgehead atoms. The van der Waals surface area contributed by atoms with Gasteiger partial charge in [0.15, 0.2) is 6.10 Å². The Bertz CT molecular complexity index is 1760. The topological polar surface area (TPSA) is 168 Å². The quantitative estimate of drug-likeness (QED) is 0.164. The molecule has 4 N–H and O–H groups in total. The Morgan fingerprint density at radius 3 is 2.20 bits per heavy atom. The van der Waals surface area contributed by atoms with Crippen molar-refractivity contribution in [3.8, 4) is 11.1 Å². The third-order valence-corrected chi connectivity index (χ3v) is 8.59. The average Bonchev–Trinajstić information content (AvgIpc) is 3.43. The molecular weight excluding hydrogens is 596 g/mol. The fourth-order valence-corrected chi connectivity index (χ4v) is 6.21. The molecule has 0 unspecified atom stereocenters. The molecule has 4 aromatic rings. The lowest BCUT2D eigenvalue weighted by Gasteiger charge is -2.21. The number of rotatable bonds is 14. The molecule has 11 nitrogen and oxygen atoms in total. The first kappa shape index (κ1) is 33.1. The predicted octanol–water partition coefficient (Wildman–Crippen LogP) is 3.55. The van der Waals surface area contributed by atoms with Gasteiger partial charge in [-0.15, -0.1) is 0 Å². The minimum Gasteiger partial charge on any atom is -0.479 e. The van der Waals surface area contributed by atoms with E-state index in [1.54, 1.807) is 84.4 Å². The average molecular weight is 633 g/mol. The van der Waals surface area contributed by atoms with Gasteiger partial charge in [-0.2, -0.15) is 5.10 Å². The fourth-order valence-electron chi connectivity index (χ4n) is 4.88. The summed E-state index contributed by atoms with van der Waals surface area (Å²) in [5, 5.41) is 26.9. The number of aliphatic hydroxyl groups excluding tert-OH is 1. The van der Waals surface area contributed by atoms with Crippen molar-refractivity contribution < 1.29 is 33.0 Å². The summed E-state index contributed by atoms with van der Waals surface area (Å²) in [5.41, 5.74) is 3.11. The standard InChI is InChI=1S/C33H36N4O7S/c1-3-11-25-20-28(32(40)34-27(31(39)33(41)42)18-22-12-7-5-8-13-22)35-37(25)21-23-16-17-26(24-14-9-6-10-15-24)29(19-23)45(43,44)36-30(38)4-2/h5-10,12-17,19-20,27,31,39H,3-4,11,18,21H2,1-2H3,(H,34,40)(H,36,38)(H,41,42)/t27-,31-/m1/s1. The summed E-state index contributed by atoms with van der Waals surface area (Å²) in [6.07, 6.45) is -0.471. The van der Waals surface area contributed by atoms with E-state index in [9.17, 15) is 33.0 Å². The summed E-state index contributed by atoms with van der Waals surface area (Å²) in [5.74, 6) is -2.75. The Morgan fingerprint density at radius 1 is 0.911 bits per heavy atom. The lowest BCUT2D eigenvalue weighted by atomic mass is 10.0. The van der Waals surface area contributed by atoms with E-state index in [2.05, 4.69) is 15.1 Å². The van der Waals surface area contributed by atoms with Crippen molar-refractivity contribution >= 4 is 27.8 Å². The number of carboxylic acid groups (broad SMARTS) is 1. The van der Waals surface area contributed by atoms with Gasteiger partial charge in [-0.25, -0.2) is 17.9 Å². The summed E-state index contributed by atoms with van der Waals surface area (Å²) < 4.78 is 30.4. The van der Waals surface area contributed by atoms with Gasteiger partial charge < -0.3 is 15.5 Å². The number of benzene rings is 3. The van der Waals surface area contributed by atoms with Crippen LogP contribution in [0.25, 0.3) is 11.1 Å². The Morgan fingerprint density at radius 2 is 1.58 bits per heavy atom. The molecule has 1 heterocycles. The maximum absolute atomic E-state index is 13.3. The van der Waals surface area contributed by atoms with E-state index in [0.717, 1.165) is 12.0 Å². The molecule has 0 spiro atoms. The lowest BCUT2D eigenvalue weighted by Crippen LogP contribution is -2.48. The minimum atomic E-state index is -4.21. The van der Waals surface area contributed by atoms with Crippen LogP contribution in [-0.4, -0.2) is 58.3 Å². The lowest BCUT2D eigenvalue weighted by molar-refractivity contribution is -0.148. The number of hydrogen-bond acceptors (Lipinski definition) is 7. The van der Waals surface area contributed by atoms with Crippen molar-refractivity contribution in [1.82, 2.24) is 19.8 Å². The molecule has 2 atom stereocenters. The van der Waals surface area contributed by atoms with E-state index in [1.807, 2.05) is 13.0 Å². The zero-order valence-electron chi connectivity index (χ0n) is 25.0. The van der Waals surface area contributed by atoms with Gasteiger partial charge in [0, 0.05) is 17.7 Å². The van der Waals surface area contributed by atoms with Crippen molar-refractivity contribution in [2.45, 2.75) is 63.1 Å². The van der Waals surface area contributed by atoms with Gasteiger partial charge in [0.1, 0.15) is 5.69 Å². The van der Waals surface area contributed by atoms with E-state index < -0.39 is 40.0 Å². The predicted molar refractivity (Wildman–Crippen MR) is 168 cm³/mol. The molecule has 0 saturated heterocycles. The van der Waals surface area contributed by atoms with E-state index in [-0.39, 0.29) is 30.0 Å². The number of aromatic nitrogens is 2. The van der Waals surface area contributed by atoms with Crippen LogP contribution >= 0.6 is 0 Å². The molecule has 0 aliphatic carbocycles. The van der Waals surface area contributed by atoms with E-state index in [0.29, 0.717) is 28.8 Å². The number of nitrogens with one attached hydrogen (secondary N) is 2. The molecule has 1 aromatic heterocycles. The van der Waals surface area contributed by atoms with Gasteiger partial charge in [-0.05, 0) is 41.7 Å². The van der Waals surface area contributed by atoms with Crippen molar-refractivity contribution in [3.63, 3.8) is 0 Å². The number of aliphatic carboxylic acids is 1. The summed E-state index contributed by atoms with van der Waals surface area (Å²) in [6.45, 7) is 3.64. The first-order valence-corrected chi connectivity index (χ1v) is 16.1. The molecule has 2 amide bonds. The summed E-state index contributed by atoms with van der Waals surface area (Å²) in [6, 6.07) is 23.3. The number of nitrogens with zero attached hydrogens (tertiary/aromatic N) is 2. The highest BCUT2D eigenvalue weighted by atomic mass is 32.2. The van der Waals surface area contributed by atoms with Gasteiger partial charge in [0.2, 0.25) is 5.91 Å². The zero-order chi connectivity index (χ0) is 32.6. The molecule has 236 valence electrons. The maximum Gasteiger partial charge on any atom is 0.334 e. The highest BCUT2D eigenvalue weighted by Gasteiger charge is 2.29. The van der Waals surface area contributed by atoms with Gasteiger partial charge in [-0.1, -0.05) is 93.1 Å². The summed E-state index contributed by atoms with van der Waals surface area (Å²) in [4.78, 5) is 36.9. The number of carboxylic acids is 1. The van der Waals surface area contributed by atoms with Gasteiger partial charge in [0.05, 0.1) is 17.5 Å². The van der Waals surface area contributed by atoms with Crippen LogP contribution in [0.5, 0.6) is 0 Å². The van der Waals surface area contributed by atoms with Crippen LogP contribution in [0.4, 0.5) is 0 Å². The number of aryl methyl sites for hydroxylation is 1. The highest BCUT2D eigenvalue weighted by Crippen LogP contribution is 2.29. The molecule has 4 rings (SSSR count). The Labute approximate surface area is 262 Å². The van der Waals surface area contributed by atoms with Crippen molar-refractivity contribution in [2.24, 2.45) is 0 Å². The molecule has 0 aliphatic rings. The maximum atomic E-state index is 13.3. The first-order chi connectivity index (χ1) is 21.5. The highest BCUT2D eigenvalue weighted by molar-refractivity contribution is 7.90. The second-order valence-corrected chi connectivity index (χ2v) is 12.2. The summed E-state index contributed by atoms with van der Waals surface area (Å²) in [7, 11) is -4.21. The molecule has 3 aromatic carbocycles. The molecular formula is C33H36N4O7S. The Kier molecular flexibility index (Phi) is 10.9. The van der Waals surface area contributed by atoms with Crippen LogP contribution in [0, 0.1) is 0 Å². The van der Waals surface area contributed by atoms with Gasteiger partial charge in [0.25, 0.3) is 15.9 Å². The second-order valence-electron chi connectivity index (χ2n) is 10.6. The number of sulfonamides is 1. The SMILES string of the molecule is CCCc1cc(C(=O)N[C@H](Cc2ccccc2)[C@@H](O)C(=O)O)nn1Cc1ccc(-c2ccccc2)c(S(=O)(=O)NC(=O)CC)c1. The van der Waals surface area contributed by atoms with Crippen LogP contribution in [0.15, 0.2) is 89.8 Å². The number of aliphatic hydroxyl groups is 1. The van der Waals surface area contributed by atoms with Crippen LogP contribution in [0.3, 0.4) is 0 Å². The van der Waals surface area contributed by atoms with Crippen LogP contribution in [-0.2, 0) is 39.0 Å².